The molecule has 0 bridgehead atoms. The number of rotatable bonds is 5. The third-order valence-corrected chi connectivity index (χ3v) is 11.7. The van der Waals surface area contributed by atoms with E-state index in [-0.39, 0.29) is 23.2 Å². The zero-order valence-corrected chi connectivity index (χ0v) is 20.8. The van der Waals surface area contributed by atoms with E-state index in [4.69, 9.17) is 4.74 Å². The van der Waals surface area contributed by atoms with Crippen LogP contribution in [0.1, 0.15) is 105 Å². The number of aliphatic hydroxyl groups is 2. The van der Waals surface area contributed by atoms with Crippen molar-refractivity contribution in [1.29, 1.82) is 0 Å². The molecule has 178 valence electrons. The van der Waals surface area contributed by atoms with Gasteiger partial charge in [-0.05, 0) is 118 Å². The summed E-state index contributed by atoms with van der Waals surface area (Å²) in [6, 6.07) is 0. The third kappa shape index (κ3) is 3.64. The number of aliphatic hydroxyl groups excluding tert-OH is 2. The van der Waals surface area contributed by atoms with Gasteiger partial charge in [0, 0.05) is 0 Å². The van der Waals surface area contributed by atoms with Crippen LogP contribution in [0.5, 0.6) is 0 Å². The molecule has 0 radical (unpaired) electrons. The average Bonchev–Trinajstić information content (AvgIpc) is 3.14. The van der Waals surface area contributed by atoms with E-state index in [2.05, 4.69) is 34.6 Å². The Balaban J connectivity index is 1.26. The van der Waals surface area contributed by atoms with Crippen molar-refractivity contribution in [3.63, 3.8) is 0 Å². The Kier molecular flexibility index (Phi) is 5.63. The van der Waals surface area contributed by atoms with Crippen molar-refractivity contribution in [3.05, 3.63) is 0 Å². The maximum absolute atomic E-state index is 11.2. The highest BCUT2D eigenvalue weighted by atomic mass is 16.6. The van der Waals surface area contributed by atoms with Gasteiger partial charge in [0.15, 0.2) is 0 Å². The monoisotopic (exact) mass is 432 g/mol. The number of hydrogen-bond donors (Lipinski definition) is 2. The summed E-state index contributed by atoms with van der Waals surface area (Å²) in [6.07, 6.45) is 13.3. The molecule has 0 aromatic heterocycles. The van der Waals surface area contributed by atoms with Gasteiger partial charge < -0.3 is 14.9 Å². The summed E-state index contributed by atoms with van der Waals surface area (Å²) in [5.41, 5.74) is 0.841. The minimum absolute atomic E-state index is 0.136. The minimum Gasteiger partial charge on any atom is -0.393 e. The van der Waals surface area contributed by atoms with E-state index < -0.39 is 0 Å². The van der Waals surface area contributed by atoms with Crippen LogP contribution in [-0.4, -0.2) is 34.1 Å². The van der Waals surface area contributed by atoms with E-state index >= 15 is 0 Å². The van der Waals surface area contributed by atoms with E-state index in [1.165, 1.54) is 44.9 Å². The van der Waals surface area contributed by atoms with E-state index in [0.29, 0.717) is 23.4 Å². The average molecular weight is 433 g/mol. The molecule has 2 N–H and O–H groups in total. The number of ether oxygens (including phenoxy) is 1. The van der Waals surface area contributed by atoms with Gasteiger partial charge in [-0.2, -0.15) is 0 Å². The topological polar surface area (TPSA) is 53.0 Å². The van der Waals surface area contributed by atoms with Gasteiger partial charge in [-0.3, -0.25) is 0 Å². The van der Waals surface area contributed by atoms with Crippen molar-refractivity contribution in [2.24, 2.45) is 46.3 Å². The fourth-order valence-corrected chi connectivity index (χ4v) is 9.82. The standard InChI is InChI=1S/C28H48O3/c1-17(7-6-8-25-26(2,3)31-25)20-9-10-21-19-16-24(30)23-15-18(29)11-13-28(23,5)22(19)12-14-27(20,21)4/h17-25,29-30H,6-16H2,1-5H3/t17-,18-,19?,20-,21?,22?,23+,24+,25?,27-,28-/m1/s1. The molecule has 0 spiro atoms. The highest BCUT2D eigenvalue weighted by Crippen LogP contribution is 2.68. The summed E-state index contributed by atoms with van der Waals surface area (Å²) in [7, 11) is 0. The van der Waals surface area contributed by atoms with Gasteiger partial charge in [0.25, 0.3) is 0 Å². The highest BCUT2D eigenvalue weighted by molar-refractivity contribution is 5.11. The van der Waals surface area contributed by atoms with E-state index in [9.17, 15) is 10.2 Å². The molecule has 5 aliphatic rings. The number of hydrogen-bond acceptors (Lipinski definition) is 3. The first-order chi connectivity index (χ1) is 14.6. The van der Waals surface area contributed by atoms with E-state index in [1.807, 2.05) is 0 Å². The lowest BCUT2D eigenvalue weighted by Crippen LogP contribution is -2.58. The van der Waals surface area contributed by atoms with Crippen LogP contribution in [0.15, 0.2) is 0 Å². The van der Waals surface area contributed by atoms with Gasteiger partial charge in [-0.25, -0.2) is 0 Å². The lowest BCUT2D eigenvalue weighted by atomic mass is 9.44. The minimum atomic E-state index is -0.207. The van der Waals surface area contributed by atoms with Crippen LogP contribution >= 0.6 is 0 Å². The molecule has 0 amide bonds. The van der Waals surface area contributed by atoms with Gasteiger partial charge in [0.05, 0.1) is 23.9 Å². The van der Waals surface area contributed by atoms with Crippen LogP contribution in [0.4, 0.5) is 0 Å². The molecule has 5 fully saturated rings. The zero-order chi connectivity index (χ0) is 22.2. The maximum atomic E-state index is 11.2. The molecule has 3 heteroatoms. The van der Waals surface area contributed by atoms with Gasteiger partial charge in [-0.1, -0.05) is 33.6 Å². The van der Waals surface area contributed by atoms with Crippen LogP contribution in [0, 0.1) is 46.3 Å². The van der Waals surface area contributed by atoms with Crippen LogP contribution in [-0.2, 0) is 4.74 Å². The smallest absolute Gasteiger partial charge is 0.0892 e. The van der Waals surface area contributed by atoms with Crippen molar-refractivity contribution < 1.29 is 14.9 Å². The molecule has 4 saturated carbocycles. The van der Waals surface area contributed by atoms with Crippen molar-refractivity contribution in [1.82, 2.24) is 0 Å². The third-order valence-electron chi connectivity index (χ3n) is 11.7. The zero-order valence-electron chi connectivity index (χ0n) is 20.8. The Morgan fingerprint density at radius 3 is 2.26 bits per heavy atom. The summed E-state index contributed by atoms with van der Waals surface area (Å²) in [6.45, 7) is 12.1. The van der Waals surface area contributed by atoms with Crippen molar-refractivity contribution in [2.75, 3.05) is 0 Å². The van der Waals surface area contributed by atoms with Crippen LogP contribution in [0.2, 0.25) is 0 Å². The Bertz CT molecular complexity index is 675. The normalized spacial score (nSPS) is 53.9. The van der Waals surface area contributed by atoms with Gasteiger partial charge >= 0.3 is 0 Å². The van der Waals surface area contributed by atoms with Crippen LogP contribution in [0.3, 0.4) is 0 Å². The Morgan fingerprint density at radius 2 is 1.55 bits per heavy atom. The molecule has 1 saturated heterocycles. The molecule has 1 aliphatic heterocycles. The molecule has 4 aliphatic carbocycles. The molecule has 3 nitrogen and oxygen atoms in total. The second kappa shape index (κ2) is 7.70. The molecule has 11 atom stereocenters. The molecular weight excluding hydrogens is 384 g/mol. The fourth-order valence-electron chi connectivity index (χ4n) is 9.82. The number of fused-ring (bicyclic) bond motifs is 5. The molecular formula is C28H48O3. The van der Waals surface area contributed by atoms with E-state index in [1.54, 1.807) is 0 Å². The summed E-state index contributed by atoms with van der Waals surface area (Å²) in [4.78, 5) is 0. The summed E-state index contributed by atoms with van der Waals surface area (Å²) >= 11 is 0. The summed E-state index contributed by atoms with van der Waals surface area (Å²) in [5, 5.41) is 21.5. The number of epoxide rings is 1. The highest BCUT2D eigenvalue weighted by Gasteiger charge is 2.62. The molecule has 31 heavy (non-hydrogen) atoms. The van der Waals surface area contributed by atoms with Gasteiger partial charge in [0.2, 0.25) is 0 Å². The molecule has 1 heterocycles. The summed E-state index contributed by atoms with van der Waals surface area (Å²) in [5.74, 6) is 4.21. The van der Waals surface area contributed by atoms with Crippen molar-refractivity contribution >= 4 is 0 Å². The predicted octanol–water partition coefficient (Wildman–Crippen LogP) is 5.96. The molecule has 0 aromatic rings. The van der Waals surface area contributed by atoms with Crippen LogP contribution in [0.25, 0.3) is 0 Å². The first kappa shape index (κ1) is 22.7. The first-order valence-corrected chi connectivity index (χ1v) is 13.6. The van der Waals surface area contributed by atoms with E-state index in [0.717, 1.165) is 49.4 Å². The van der Waals surface area contributed by atoms with Gasteiger partial charge in [-0.15, -0.1) is 0 Å². The molecule has 4 unspecified atom stereocenters. The predicted molar refractivity (Wildman–Crippen MR) is 125 cm³/mol. The van der Waals surface area contributed by atoms with Crippen LogP contribution < -0.4 is 0 Å². The Labute approximate surface area is 190 Å². The largest absolute Gasteiger partial charge is 0.393 e. The van der Waals surface area contributed by atoms with Crippen molar-refractivity contribution in [3.8, 4) is 0 Å². The summed E-state index contributed by atoms with van der Waals surface area (Å²) < 4.78 is 5.81. The quantitative estimate of drug-likeness (QED) is 0.527. The first-order valence-electron chi connectivity index (χ1n) is 13.6. The Morgan fingerprint density at radius 1 is 0.871 bits per heavy atom. The Hall–Kier alpha value is -0.120. The SMILES string of the molecule is C[C@H](CCCC1OC1(C)C)[C@H]1CCC2C3C[C@H](O)[C@@H]4C[C@H](O)CC[C@]4(C)C3CC[C@@]21C. The molecule has 0 aromatic carbocycles. The lowest BCUT2D eigenvalue weighted by Gasteiger charge is -2.62. The maximum Gasteiger partial charge on any atom is 0.0892 e. The van der Waals surface area contributed by atoms with Gasteiger partial charge in [0.1, 0.15) is 0 Å². The fraction of sp³-hybridized carbons (Fsp3) is 1.00. The second-order valence-electron chi connectivity index (χ2n) is 13.6. The van der Waals surface area contributed by atoms with Crippen molar-refractivity contribution in [2.45, 2.75) is 129 Å². The lowest BCUT2D eigenvalue weighted by molar-refractivity contribution is -0.172. The molecule has 5 rings (SSSR count). The second-order valence-corrected chi connectivity index (χ2v) is 13.6.